The van der Waals surface area contributed by atoms with Crippen LogP contribution in [0.25, 0.3) is 0 Å². The van der Waals surface area contributed by atoms with Gasteiger partial charge in [0.05, 0.1) is 11.8 Å². The SMILES string of the molecule is O=C(c1ccncc1F)N1CCN(c2ncccn2)CC1. The Labute approximate surface area is 121 Å². The molecule has 0 bridgehead atoms. The summed E-state index contributed by atoms with van der Waals surface area (Å²) in [6.45, 7) is 2.28. The highest BCUT2D eigenvalue weighted by molar-refractivity contribution is 5.94. The molecule has 0 N–H and O–H groups in total. The lowest BCUT2D eigenvalue weighted by Crippen LogP contribution is -2.49. The Morgan fingerprint density at radius 3 is 2.48 bits per heavy atom. The number of rotatable bonds is 2. The number of carbonyl (C=O) groups is 1. The van der Waals surface area contributed by atoms with Crippen LogP contribution in [0.3, 0.4) is 0 Å². The van der Waals surface area contributed by atoms with Gasteiger partial charge < -0.3 is 9.80 Å². The van der Waals surface area contributed by atoms with E-state index in [1.165, 1.54) is 12.3 Å². The zero-order chi connectivity index (χ0) is 14.7. The number of amides is 1. The van der Waals surface area contributed by atoms with E-state index in [9.17, 15) is 9.18 Å². The third-order valence-corrected chi connectivity index (χ3v) is 3.40. The van der Waals surface area contributed by atoms with Crippen LogP contribution in [-0.2, 0) is 0 Å². The minimum atomic E-state index is -0.587. The summed E-state index contributed by atoms with van der Waals surface area (Å²) in [5.74, 6) is -0.237. The molecule has 0 aliphatic carbocycles. The van der Waals surface area contributed by atoms with E-state index >= 15 is 0 Å². The second-order valence-corrected chi connectivity index (χ2v) is 4.68. The van der Waals surface area contributed by atoms with Crippen LogP contribution in [0.5, 0.6) is 0 Å². The van der Waals surface area contributed by atoms with Crippen molar-refractivity contribution < 1.29 is 9.18 Å². The number of hydrogen-bond donors (Lipinski definition) is 0. The van der Waals surface area contributed by atoms with E-state index in [0.29, 0.717) is 32.1 Å². The molecule has 7 heteroatoms. The predicted molar refractivity (Wildman–Crippen MR) is 74.3 cm³/mol. The van der Waals surface area contributed by atoms with Crippen molar-refractivity contribution in [3.63, 3.8) is 0 Å². The summed E-state index contributed by atoms with van der Waals surface area (Å²) in [7, 11) is 0. The Kier molecular flexibility index (Phi) is 3.72. The molecule has 1 aliphatic heterocycles. The van der Waals surface area contributed by atoms with Gasteiger partial charge in [-0.15, -0.1) is 0 Å². The Bertz CT molecular complexity index is 628. The summed E-state index contributed by atoms with van der Waals surface area (Å²) in [6, 6.07) is 3.17. The average molecular weight is 287 g/mol. The first-order valence-electron chi connectivity index (χ1n) is 6.66. The lowest BCUT2D eigenvalue weighted by atomic mass is 10.2. The molecule has 108 valence electrons. The zero-order valence-corrected chi connectivity index (χ0v) is 11.3. The van der Waals surface area contributed by atoms with Gasteiger partial charge in [-0.25, -0.2) is 14.4 Å². The molecule has 0 saturated carbocycles. The Morgan fingerprint density at radius 1 is 1.10 bits per heavy atom. The summed E-state index contributed by atoms with van der Waals surface area (Å²) in [5.41, 5.74) is 0.0643. The van der Waals surface area contributed by atoms with Crippen LogP contribution in [0.15, 0.2) is 36.9 Å². The van der Waals surface area contributed by atoms with Gasteiger partial charge in [0.25, 0.3) is 5.91 Å². The molecule has 1 fully saturated rings. The van der Waals surface area contributed by atoms with E-state index < -0.39 is 5.82 Å². The quantitative estimate of drug-likeness (QED) is 0.823. The van der Waals surface area contributed by atoms with Crippen molar-refractivity contribution in [1.82, 2.24) is 19.9 Å². The van der Waals surface area contributed by atoms with E-state index in [1.807, 2.05) is 4.90 Å². The lowest BCUT2D eigenvalue weighted by molar-refractivity contribution is 0.0741. The number of hydrogen-bond acceptors (Lipinski definition) is 5. The van der Waals surface area contributed by atoms with Crippen molar-refractivity contribution in [2.24, 2.45) is 0 Å². The molecular formula is C14H14FN5O. The third kappa shape index (κ3) is 2.81. The van der Waals surface area contributed by atoms with Crippen molar-refractivity contribution >= 4 is 11.9 Å². The molecule has 0 unspecified atom stereocenters. The van der Waals surface area contributed by atoms with Crippen molar-refractivity contribution in [1.29, 1.82) is 0 Å². The topological polar surface area (TPSA) is 62.2 Å². The van der Waals surface area contributed by atoms with Gasteiger partial charge in [-0.3, -0.25) is 9.78 Å². The van der Waals surface area contributed by atoms with Crippen LogP contribution in [0, 0.1) is 5.82 Å². The Morgan fingerprint density at radius 2 is 1.81 bits per heavy atom. The molecule has 2 aromatic rings. The Balaban J connectivity index is 1.66. The minimum Gasteiger partial charge on any atom is -0.337 e. The van der Waals surface area contributed by atoms with Gasteiger partial charge in [0.15, 0.2) is 5.82 Å². The highest BCUT2D eigenvalue weighted by Gasteiger charge is 2.24. The standard InChI is InChI=1S/C14H14FN5O/c15-12-10-16-5-2-11(12)13(21)19-6-8-20(9-7-19)14-17-3-1-4-18-14/h1-5,10H,6-9H2. The average Bonchev–Trinajstić information content (AvgIpc) is 2.56. The molecule has 2 aromatic heterocycles. The first-order chi connectivity index (χ1) is 10.3. The fourth-order valence-electron chi connectivity index (χ4n) is 2.28. The number of piperazine rings is 1. The van der Waals surface area contributed by atoms with E-state index in [0.717, 1.165) is 6.20 Å². The fourth-order valence-corrected chi connectivity index (χ4v) is 2.28. The molecule has 0 aromatic carbocycles. The molecule has 0 radical (unpaired) electrons. The molecule has 0 atom stereocenters. The molecule has 21 heavy (non-hydrogen) atoms. The van der Waals surface area contributed by atoms with Crippen molar-refractivity contribution in [3.05, 3.63) is 48.3 Å². The second kappa shape index (κ2) is 5.82. The predicted octanol–water partition coefficient (Wildman–Crippen LogP) is 0.973. The highest BCUT2D eigenvalue weighted by atomic mass is 19.1. The van der Waals surface area contributed by atoms with Crippen molar-refractivity contribution in [2.75, 3.05) is 31.1 Å². The molecule has 1 amide bonds. The van der Waals surface area contributed by atoms with Crippen LogP contribution >= 0.6 is 0 Å². The summed E-state index contributed by atoms with van der Waals surface area (Å²) >= 11 is 0. The first-order valence-corrected chi connectivity index (χ1v) is 6.66. The second-order valence-electron chi connectivity index (χ2n) is 4.68. The number of nitrogens with zero attached hydrogens (tertiary/aromatic N) is 5. The van der Waals surface area contributed by atoms with Gasteiger partial charge >= 0.3 is 0 Å². The molecule has 1 saturated heterocycles. The van der Waals surface area contributed by atoms with Gasteiger partial charge in [-0.05, 0) is 12.1 Å². The zero-order valence-electron chi connectivity index (χ0n) is 11.3. The van der Waals surface area contributed by atoms with Gasteiger partial charge in [-0.1, -0.05) is 0 Å². The molecule has 3 heterocycles. The third-order valence-electron chi connectivity index (χ3n) is 3.40. The van der Waals surface area contributed by atoms with Gasteiger partial charge in [0.2, 0.25) is 5.95 Å². The Hall–Kier alpha value is -2.57. The van der Waals surface area contributed by atoms with Crippen molar-refractivity contribution in [2.45, 2.75) is 0 Å². The molecular weight excluding hydrogens is 273 g/mol. The van der Waals surface area contributed by atoms with E-state index in [2.05, 4.69) is 15.0 Å². The number of anilines is 1. The largest absolute Gasteiger partial charge is 0.337 e. The monoisotopic (exact) mass is 287 g/mol. The molecule has 1 aliphatic rings. The van der Waals surface area contributed by atoms with E-state index in [-0.39, 0.29) is 11.5 Å². The summed E-state index contributed by atoms with van der Waals surface area (Å²) in [5, 5.41) is 0. The van der Waals surface area contributed by atoms with Gasteiger partial charge in [0, 0.05) is 44.8 Å². The highest BCUT2D eigenvalue weighted by Crippen LogP contribution is 2.13. The summed E-state index contributed by atoms with van der Waals surface area (Å²) in [4.78, 5) is 27.9. The van der Waals surface area contributed by atoms with Crippen LogP contribution < -0.4 is 4.90 Å². The number of pyridine rings is 1. The van der Waals surface area contributed by atoms with Crippen LogP contribution in [-0.4, -0.2) is 51.9 Å². The molecule has 3 rings (SSSR count). The van der Waals surface area contributed by atoms with Gasteiger partial charge in [0.1, 0.15) is 0 Å². The maximum absolute atomic E-state index is 13.6. The summed E-state index contributed by atoms with van der Waals surface area (Å²) < 4.78 is 13.6. The molecule has 0 spiro atoms. The first kappa shape index (κ1) is 13.4. The van der Waals surface area contributed by atoms with Crippen molar-refractivity contribution in [3.8, 4) is 0 Å². The van der Waals surface area contributed by atoms with E-state index in [1.54, 1.807) is 23.4 Å². The minimum absolute atomic E-state index is 0.0643. The lowest BCUT2D eigenvalue weighted by Gasteiger charge is -2.34. The number of halogens is 1. The maximum atomic E-state index is 13.6. The van der Waals surface area contributed by atoms with Crippen LogP contribution in [0.4, 0.5) is 10.3 Å². The van der Waals surface area contributed by atoms with Crippen LogP contribution in [0.2, 0.25) is 0 Å². The molecule has 6 nitrogen and oxygen atoms in total. The maximum Gasteiger partial charge on any atom is 0.257 e. The summed E-state index contributed by atoms with van der Waals surface area (Å²) in [6.07, 6.45) is 5.85. The van der Waals surface area contributed by atoms with Gasteiger partial charge in [-0.2, -0.15) is 0 Å². The smallest absolute Gasteiger partial charge is 0.257 e. The van der Waals surface area contributed by atoms with Crippen LogP contribution in [0.1, 0.15) is 10.4 Å². The fraction of sp³-hybridized carbons (Fsp3) is 0.286. The van der Waals surface area contributed by atoms with E-state index in [4.69, 9.17) is 0 Å². The normalized spacial score (nSPS) is 15.1. The number of aromatic nitrogens is 3. The number of carbonyl (C=O) groups excluding carboxylic acids is 1.